The molecule has 1 aliphatic rings. The lowest BCUT2D eigenvalue weighted by Gasteiger charge is -2.31. The van der Waals surface area contributed by atoms with E-state index in [1.165, 1.54) is 17.0 Å². The number of carbonyl (C=O) groups is 3. The largest absolute Gasteiger partial charge is 0.497 e. The first-order valence-corrected chi connectivity index (χ1v) is 14.0. The summed E-state index contributed by atoms with van der Waals surface area (Å²) in [5, 5.41) is 2.96. The molecule has 0 saturated carbocycles. The molecular weight excluding hydrogens is 494 g/mol. The predicted molar refractivity (Wildman–Crippen MR) is 139 cm³/mol. The van der Waals surface area contributed by atoms with Crippen LogP contribution in [0.4, 0.5) is 0 Å². The minimum absolute atomic E-state index is 0.0137. The smallest absolute Gasteiger partial charge is 0.269 e. The van der Waals surface area contributed by atoms with E-state index < -0.39 is 22.0 Å². The van der Waals surface area contributed by atoms with Gasteiger partial charge in [-0.3, -0.25) is 14.4 Å². The third-order valence-corrected chi connectivity index (χ3v) is 8.40. The molecule has 37 heavy (non-hydrogen) atoms. The van der Waals surface area contributed by atoms with E-state index in [0.29, 0.717) is 12.2 Å². The molecule has 2 aromatic rings. The van der Waals surface area contributed by atoms with E-state index in [4.69, 9.17) is 4.74 Å². The Morgan fingerprint density at radius 2 is 1.73 bits per heavy atom. The first-order chi connectivity index (χ1) is 17.6. The van der Waals surface area contributed by atoms with Crippen molar-refractivity contribution >= 4 is 27.7 Å². The van der Waals surface area contributed by atoms with Crippen molar-refractivity contribution in [1.82, 2.24) is 14.5 Å². The molecule has 0 fully saturated rings. The van der Waals surface area contributed by atoms with Crippen LogP contribution in [0, 0.1) is 0 Å². The van der Waals surface area contributed by atoms with Crippen molar-refractivity contribution in [2.45, 2.75) is 70.0 Å². The second kappa shape index (κ2) is 12.2. The number of nitrogens with one attached hydrogen (secondary N) is 1. The van der Waals surface area contributed by atoms with Gasteiger partial charge in [0.15, 0.2) is 0 Å². The molecule has 0 bridgehead atoms. The molecule has 0 saturated heterocycles. The van der Waals surface area contributed by atoms with Gasteiger partial charge in [0.1, 0.15) is 16.7 Å². The average Bonchev–Trinajstić information content (AvgIpc) is 3.09. The number of hydrogen-bond acceptors (Lipinski definition) is 6. The fourth-order valence-corrected chi connectivity index (χ4v) is 5.87. The lowest BCUT2D eigenvalue weighted by atomic mass is 10.1. The van der Waals surface area contributed by atoms with Gasteiger partial charge in [-0.15, -0.1) is 0 Å². The maximum Gasteiger partial charge on any atom is 0.269 e. The number of fused-ring (bicyclic) bond motifs is 1. The highest BCUT2D eigenvalue weighted by molar-refractivity contribution is 7.90. The number of methoxy groups -OCH3 is 1. The summed E-state index contributed by atoms with van der Waals surface area (Å²) in [7, 11) is -2.37. The summed E-state index contributed by atoms with van der Waals surface area (Å²) in [5.74, 6) is -0.423. The van der Waals surface area contributed by atoms with Gasteiger partial charge in [-0.1, -0.05) is 38.1 Å². The Bertz CT molecular complexity index is 1230. The first kappa shape index (κ1) is 28.2. The number of benzene rings is 2. The van der Waals surface area contributed by atoms with E-state index in [-0.39, 0.29) is 54.2 Å². The molecular formula is C27H35N3O6S. The number of hydrogen-bond donors (Lipinski definition) is 1. The number of carbonyl (C=O) groups excluding carboxylic acids is 3. The minimum atomic E-state index is -3.94. The number of ether oxygens (including phenoxy) is 1. The Balaban J connectivity index is 1.75. The van der Waals surface area contributed by atoms with Crippen LogP contribution < -0.4 is 10.1 Å². The second-order valence-electron chi connectivity index (χ2n) is 9.09. The Kier molecular flexibility index (Phi) is 9.31. The zero-order chi connectivity index (χ0) is 27.2. The Hall–Kier alpha value is -3.40. The van der Waals surface area contributed by atoms with Crippen LogP contribution in [0.5, 0.6) is 5.75 Å². The number of sulfonamides is 1. The summed E-state index contributed by atoms with van der Waals surface area (Å²) in [6, 6.07) is 12.6. The van der Waals surface area contributed by atoms with Gasteiger partial charge in [0.25, 0.3) is 15.9 Å². The Labute approximate surface area is 218 Å². The normalized spacial score (nSPS) is 15.6. The van der Waals surface area contributed by atoms with Crippen LogP contribution in [-0.4, -0.2) is 61.1 Å². The number of nitrogens with zero attached hydrogens (tertiary/aromatic N) is 2. The van der Waals surface area contributed by atoms with Crippen molar-refractivity contribution in [3.05, 3.63) is 59.7 Å². The quantitative estimate of drug-likeness (QED) is 0.451. The van der Waals surface area contributed by atoms with Gasteiger partial charge in [0.2, 0.25) is 11.8 Å². The molecule has 200 valence electrons. The molecule has 0 spiro atoms. The van der Waals surface area contributed by atoms with Crippen LogP contribution in [0.1, 0.15) is 62.4 Å². The van der Waals surface area contributed by atoms with Gasteiger partial charge in [0, 0.05) is 25.6 Å². The number of amides is 3. The van der Waals surface area contributed by atoms with E-state index in [1.54, 1.807) is 31.4 Å². The molecule has 2 atom stereocenters. The van der Waals surface area contributed by atoms with Crippen LogP contribution in [-0.2, 0) is 26.2 Å². The molecule has 3 rings (SSSR count). The summed E-state index contributed by atoms with van der Waals surface area (Å²) in [6.07, 6.45) is 1.30. The summed E-state index contributed by atoms with van der Waals surface area (Å²) >= 11 is 0. The lowest BCUT2D eigenvalue weighted by molar-refractivity contribution is -0.141. The molecule has 9 nitrogen and oxygen atoms in total. The van der Waals surface area contributed by atoms with Crippen molar-refractivity contribution in [3.8, 4) is 5.75 Å². The standard InChI is InChI=1S/C27H35N3O6S/c1-5-19(3)28-26(32)23(6-2)29(18-20-13-15-21(36-4)16-14-20)25(31)12-9-17-30-27(33)22-10-7-8-11-24(22)37(30,34)35/h7-8,10-11,13-16,19,23H,5-6,9,12,17-18H2,1-4H3,(H,28,32)/t19-,23-/m1/s1. The van der Waals surface area contributed by atoms with E-state index in [1.807, 2.05) is 32.9 Å². The second-order valence-corrected chi connectivity index (χ2v) is 10.9. The molecule has 0 radical (unpaired) electrons. The van der Waals surface area contributed by atoms with Gasteiger partial charge in [-0.25, -0.2) is 12.7 Å². The number of rotatable bonds is 12. The van der Waals surface area contributed by atoms with Gasteiger partial charge in [-0.2, -0.15) is 0 Å². The molecule has 0 aromatic heterocycles. The van der Waals surface area contributed by atoms with Crippen molar-refractivity contribution in [3.63, 3.8) is 0 Å². The van der Waals surface area contributed by atoms with Crippen molar-refractivity contribution < 1.29 is 27.5 Å². The predicted octanol–water partition coefficient (Wildman–Crippen LogP) is 3.34. The molecule has 1 N–H and O–H groups in total. The van der Waals surface area contributed by atoms with E-state index >= 15 is 0 Å². The van der Waals surface area contributed by atoms with Gasteiger partial charge >= 0.3 is 0 Å². The summed E-state index contributed by atoms with van der Waals surface area (Å²) < 4.78 is 31.7. The maximum atomic E-state index is 13.4. The highest BCUT2D eigenvalue weighted by Gasteiger charge is 2.40. The highest BCUT2D eigenvalue weighted by atomic mass is 32.2. The molecule has 3 amide bonds. The molecule has 1 heterocycles. The van der Waals surface area contributed by atoms with Gasteiger partial charge in [-0.05, 0) is 56.0 Å². The van der Waals surface area contributed by atoms with Crippen LogP contribution >= 0.6 is 0 Å². The summed E-state index contributed by atoms with van der Waals surface area (Å²) in [4.78, 5) is 40.7. The van der Waals surface area contributed by atoms with E-state index in [2.05, 4.69) is 5.32 Å². The third-order valence-electron chi connectivity index (χ3n) is 6.56. The van der Waals surface area contributed by atoms with Crippen molar-refractivity contribution in [1.29, 1.82) is 0 Å². The van der Waals surface area contributed by atoms with Crippen molar-refractivity contribution in [2.24, 2.45) is 0 Å². The highest BCUT2D eigenvalue weighted by Crippen LogP contribution is 2.30. The minimum Gasteiger partial charge on any atom is -0.497 e. The molecule has 10 heteroatoms. The maximum absolute atomic E-state index is 13.4. The third kappa shape index (κ3) is 6.30. The van der Waals surface area contributed by atoms with E-state index in [9.17, 15) is 22.8 Å². The van der Waals surface area contributed by atoms with Crippen LogP contribution in [0.25, 0.3) is 0 Å². The van der Waals surface area contributed by atoms with Crippen molar-refractivity contribution in [2.75, 3.05) is 13.7 Å². The molecule has 2 aromatic carbocycles. The Morgan fingerprint density at radius 1 is 1.05 bits per heavy atom. The zero-order valence-electron chi connectivity index (χ0n) is 21.8. The SMILES string of the molecule is CC[C@@H](C)NC(=O)[C@@H](CC)N(Cc1ccc(OC)cc1)C(=O)CCCN1C(=O)c2ccccc2S1(=O)=O. The van der Waals surface area contributed by atoms with Gasteiger partial charge in [0.05, 0.1) is 12.7 Å². The lowest BCUT2D eigenvalue weighted by Crippen LogP contribution is -2.50. The van der Waals surface area contributed by atoms with Crippen LogP contribution in [0.3, 0.4) is 0 Å². The fourth-order valence-electron chi connectivity index (χ4n) is 4.26. The van der Waals surface area contributed by atoms with E-state index in [0.717, 1.165) is 16.3 Å². The zero-order valence-corrected chi connectivity index (χ0v) is 22.6. The van der Waals surface area contributed by atoms with Crippen LogP contribution in [0.15, 0.2) is 53.4 Å². The molecule has 1 aliphatic heterocycles. The summed E-state index contributed by atoms with van der Waals surface area (Å²) in [6.45, 7) is 5.82. The molecule has 0 unspecified atom stereocenters. The first-order valence-electron chi connectivity index (χ1n) is 12.5. The monoisotopic (exact) mass is 529 g/mol. The summed E-state index contributed by atoms with van der Waals surface area (Å²) in [5.41, 5.74) is 0.972. The Morgan fingerprint density at radius 3 is 2.32 bits per heavy atom. The van der Waals surface area contributed by atoms with Crippen LogP contribution in [0.2, 0.25) is 0 Å². The fraction of sp³-hybridized carbons (Fsp3) is 0.444. The topological polar surface area (TPSA) is 113 Å². The average molecular weight is 530 g/mol. The van der Waals surface area contributed by atoms with Gasteiger partial charge < -0.3 is 15.0 Å². The molecule has 0 aliphatic carbocycles.